The molecule has 0 N–H and O–H groups in total. The van der Waals surface area contributed by atoms with Gasteiger partial charge < -0.3 is 14.2 Å². The van der Waals surface area contributed by atoms with E-state index in [9.17, 15) is 16.8 Å². The molecule has 3 aromatic rings. The molecule has 222 valence electrons. The molecule has 0 aromatic heterocycles. The van der Waals surface area contributed by atoms with Gasteiger partial charge in [0.15, 0.2) is 0 Å². The Hall–Kier alpha value is -2.90. The lowest BCUT2D eigenvalue weighted by Crippen LogP contribution is -2.47. The van der Waals surface area contributed by atoms with E-state index in [0.717, 1.165) is 29.2 Å². The second kappa shape index (κ2) is 15.9. The topological polar surface area (TPSA) is 114 Å². The first-order chi connectivity index (χ1) is 19.5. The Balaban J connectivity index is 1.94. The molecule has 0 fully saturated rings. The number of ether oxygens (including phenoxy) is 3. The van der Waals surface area contributed by atoms with Crippen LogP contribution in [0, 0.1) is 0 Å². The number of hydrogen-bond acceptors (Lipinski definition) is 9. The van der Waals surface area contributed by atoms with E-state index >= 15 is 0 Å². The SMILES string of the molecule is C=C(COS(C)(=O)=O)[C@@H](OCc1ccccc1)[C@H](OCc1ccccc1)[C@@H](COCc1ccccc1)OS(C)(=O)=O. The van der Waals surface area contributed by atoms with Crippen molar-refractivity contribution in [3.05, 3.63) is 120 Å². The monoisotopic (exact) mass is 604 g/mol. The summed E-state index contributed by atoms with van der Waals surface area (Å²) in [7, 11) is -7.78. The van der Waals surface area contributed by atoms with Crippen LogP contribution in [-0.4, -0.2) is 60.9 Å². The number of rotatable bonds is 18. The Morgan fingerprint density at radius 2 is 1.15 bits per heavy atom. The average molecular weight is 605 g/mol. The van der Waals surface area contributed by atoms with E-state index in [0.29, 0.717) is 0 Å². The predicted molar refractivity (Wildman–Crippen MR) is 156 cm³/mol. The molecule has 3 aromatic carbocycles. The Labute approximate surface area is 242 Å². The second-order valence-corrected chi connectivity index (χ2v) is 12.7. The van der Waals surface area contributed by atoms with Crippen LogP contribution in [0.5, 0.6) is 0 Å². The molecule has 11 heteroatoms. The molecule has 0 aliphatic heterocycles. The lowest BCUT2D eigenvalue weighted by molar-refractivity contribution is -0.129. The summed E-state index contributed by atoms with van der Waals surface area (Å²) in [6.07, 6.45) is -1.43. The van der Waals surface area contributed by atoms with Gasteiger partial charge in [-0.05, 0) is 22.3 Å². The van der Waals surface area contributed by atoms with Gasteiger partial charge in [0, 0.05) is 0 Å². The molecule has 3 rings (SSSR count). The zero-order chi connectivity index (χ0) is 29.7. The van der Waals surface area contributed by atoms with Crippen molar-refractivity contribution in [3.63, 3.8) is 0 Å². The Morgan fingerprint density at radius 1 is 0.683 bits per heavy atom. The van der Waals surface area contributed by atoms with Crippen LogP contribution in [0.4, 0.5) is 0 Å². The van der Waals surface area contributed by atoms with Crippen LogP contribution in [0.3, 0.4) is 0 Å². The first kappa shape index (κ1) is 32.6. The maximum atomic E-state index is 12.4. The van der Waals surface area contributed by atoms with Gasteiger partial charge in [0.25, 0.3) is 20.2 Å². The molecule has 0 unspecified atom stereocenters. The summed E-state index contributed by atoms with van der Waals surface area (Å²) in [5.74, 6) is 0. The molecule has 9 nitrogen and oxygen atoms in total. The summed E-state index contributed by atoms with van der Waals surface area (Å²) in [6.45, 7) is 3.82. The number of hydrogen-bond donors (Lipinski definition) is 0. The van der Waals surface area contributed by atoms with Crippen LogP contribution in [0.1, 0.15) is 16.7 Å². The lowest BCUT2D eigenvalue weighted by atomic mass is 10.0. The fraction of sp³-hybridized carbons (Fsp3) is 0.333. The van der Waals surface area contributed by atoms with Crippen molar-refractivity contribution >= 4 is 20.2 Å². The summed E-state index contributed by atoms with van der Waals surface area (Å²) in [4.78, 5) is 0. The summed E-state index contributed by atoms with van der Waals surface area (Å²) < 4.78 is 77.2. The third-order valence-electron chi connectivity index (χ3n) is 5.78. The molecule has 0 heterocycles. The fourth-order valence-corrected chi connectivity index (χ4v) is 4.88. The van der Waals surface area contributed by atoms with E-state index in [1.807, 2.05) is 91.0 Å². The molecule has 0 bridgehead atoms. The lowest BCUT2D eigenvalue weighted by Gasteiger charge is -2.34. The summed E-state index contributed by atoms with van der Waals surface area (Å²) in [5, 5.41) is 0. The van der Waals surface area contributed by atoms with Gasteiger partial charge in [-0.3, -0.25) is 8.37 Å². The van der Waals surface area contributed by atoms with Crippen LogP contribution in [0.15, 0.2) is 103 Å². The highest BCUT2D eigenvalue weighted by Gasteiger charge is 2.37. The zero-order valence-electron chi connectivity index (χ0n) is 23.1. The fourth-order valence-electron chi connectivity index (χ4n) is 3.90. The van der Waals surface area contributed by atoms with Crippen molar-refractivity contribution in [2.45, 2.75) is 38.1 Å². The highest BCUT2D eigenvalue weighted by atomic mass is 32.2. The molecular weight excluding hydrogens is 568 g/mol. The number of benzene rings is 3. The minimum absolute atomic E-state index is 0.0826. The minimum Gasteiger partial charge on any atom is -0.374 e. The quantitative estimate of drug-likeness (QED) is 0.155. The van der Waals surface area contributed by atoms with E-state index in [-0.39, 0.29) is 32.0 Å². The molecule has 41 heavy (non-hydrogen) atoms. The maximum Gasteiger partial charge on any atom is 0.264 e. The van der Waals surface area contributed by atoms with Gasteiger partial charge in [0.1, 0.15) is 18.3 Å². The Kier molecular flexibility index (Phi) is 12.7. The standard InChI is InChI=1S/C30H36O9S2/c1-24(19-38-40(2,31)32)29(36-21-26-15-9-5-10-16-26)30(37-22-27-17-11-6-12-18-27)28(39-41(3,33)34)23-35-20-25-13-7-4-8-14-25/h4-18,28-30H,1,19-23H2,2-3H3/t28-,29-,30-/m1/s1. The zero-order valence-corrected chi connectivity index (χ0v) is 24.8. The van der Waals surface area contributed by atoms with Crippen LogP contribution >= 0.6 is 0 Å². The van der Waals surface area contributed by atoms with Crippen LogP contribution in [0.2, 0.25) is 0 Å². The Bertz CT molecular complexity index is 1410. The van der Waals surface area contributed by atoms with Gasteiger partial charge in [-0.25, -0.2) is 0 Å². The van der Waals surface area contributed by atoms with Crippen molar-refractivity contribution in [2.24, 2.45) is 0 Å². The van der Waals surface area contributed by atoms with E-state index < -0.39 is 45.2 Å². The van der Waals surface area contributed by atoms with Gasteiger partial charge in [0.05, 0.1) is 45.5 Å². The second-order valence-electron chi connectivity index (χ2n) is 9.44. The van der Waals surface area contributed by atoms with Crippen molar-refractivity contribution in [1.82, 2.24) is 0 Å². The first-order valence-corrected chi connectivity index (χ1v) is 16.5. The van der Waals surface area contributed by atoms with E-state index in [1.165, 1.54) is 0 Å². The predicted octanol–water partition coefficient (Wildman–Crippen LogP) is 4.25. The summed E-state index contributed by atoms with van der Waals surface area (Å²) in [5.41, 5.74) is 2.75. The first-order valence-electron chi connectivity index (χ1n) is 12.8. The Morgan fingerprint density at radius 3 is 1.61 bits per heavy atom. The minimum atomic E-state index is -3.98. The third-order valence-corrected chi connectivity index (χ3v) is 6.92. The summed E-state index contributed by atoms with van der Waals surface area (Å²) >= 11 is 0. The molecule has 0 saturated heterocycles. The van der Waals surface area contributed by atoms with Crippen LogP contribution in [-0.2, 0) is 62.6 Å². The highest BCUT2D eigenvalue weighted by molar-refractivity contribution is 7.86. The van der Waals surface area contributed by atoms with Crippen molar-refractivity contribution in [3.8, 4) is 0 Å². The van der Waals surface area contributed by atoms with Gasteiger partial charge in [-0.1, -0.05) is 97.6 Å². The average Bonchev–Trinajstić information content (AvgIpc) is 2.93. The van der Waals surface area contributed by atoms with E-state index in [4.69, 9.17) is 22.6 Å². The summed E-state index contributed by atoms with van der Waals surface area (Å²) in [6, 6.07) is 28.0. The normalized spacial score (nSPS) is 14.3. The molecule has 3 atom stereocenters. The van der Waals surface area contributed by atoms with Crippen molar-refractivity contribution in [1.29, 1.82) is 0 Å². The molecule has 0 saturated carbocycles. The van der Waals surface area contributed by atoms with E-state index in [2.05, 4.69) is 6.58 Å². The smallest absolute Gasteiger partial charge is 0.264 e. The molecule has 0 spiro atoms. The van der Waals surface area contributed by atoms with Crippen molar-refractivity contribution in [2.75, 3.05) is 25.7 Å². The molecule has 0 aliphatic rings. The largest absolute Gasteiger partial charge is 0.374 e. The van der Waals surface area contributed by atoms with Gasteiger partial charge in [-0.15, -0.1) is 0 Å². The molecule has 0 radical (unpaired) electrons. The third kappa shape index (κ3) is 12.7. The maximum absolute atomic E-state index is 12.4. The van der Waals surface area contributed by atoms with Crippen LogP contribution in [0.25, 0.3) is 0 Å². The molecule has 0 amide bonds. The van der Waals surface area contributed by atoms with E-state index in [1.54, 1.807) is 0 Å². The van der Waals surface area contributed by atoms with Crippen molar-refractivity contribution < 1.29 is 39.4 Å². The molecular formula is C30H36O9S2. The molecule has 0 aliphatic carbocycles. The highest BCUT2D eigenvalue weighted by Crippen LogP contribution is 2.24. The van der Waals surface area contributed by atoms with Gasteiger partial charge >= 0.3 is 0 Å². The van der Waals surface area contributed by atoms with Gasteiger partial charge in [0.2, 0.25) is 0 Å². The van der Waals surface area contributed by atoms with Gasteiger partial charge in [-0.2, -0.15) is 16.8 Å². The van der Waals surface area contributed by atoms with Crippen LogP contribution < -0.4 is 0 Å².